The van der Waals surface area contributed by atoms with Crippen molar-refractivity contribution in [3.63, 3.8) is 0 Å². The van der Waals surface area contributed by atoms with Crippen LogP contribution in [-0.2, 0) is 12.8 Å². The van der Waals surface area contributed by atoms with Crippen molar-refractivity contribution in [3.8, 4) is 11.5 Å². The molecule has 0 aliphatic carbocycles. The molecule has 3 aromatic carbocycles. The van der Waals surface area contributed by atoms with E-state index in [1.165, 1.54) is 54.5 Å². The molecule has 0 saturated heterocycles. The molecule has 1 aliphatic rings. The van der Waals surface area contributed by atoms with Gasteiger partial charge >= 0.3 is 0 Å². The van der Waals surface area contributed by atoms with Crippen molar-refractivity contribution in [3.05, 3.63) is 89.2 Å². The number of nitrogens with zero attached hydrogens (tertiary/aromatic N) is 2. The molecule has 0 spiro atoms. The average Bonchev–Trinajstić information content (AvgIpc) is 2.91. The van der Waals surface area contributed by atoms with Gasteiger partial charge in [0.1, 0.15) is 23.9 Å². The van der Waals surface area contributed by atoms with E-state index in [9.17, 15) is 9.50 Å². The molecule has 4 nitrogen and oxygen atoms in total. The van der Waals surface area contributed by atoms with Crippen molar-refractivity contribution >= 4 is 5.69 Å². The average molecular weight is 505 g/mol. The van der Waals surface area contributed by atoms with Crippen LogP contribution in [0.5, 0.6) is 11.5 Å². The number of hydrogen-bond acceptors (Lipinski definition) is 4. The van der Waals surface area contributed by atoms with Gasteiger partial charge in [0.2, 0.25) is 0 Å². The van der Waals surface area contributed by atoms with Crippen molar-refractivity contribution in [2.24, 2.45) is 0 Å². The molecule has 0 fully saturated rings. The first-order valence-corrected chi connectivity index (χ1v) is 13.9. The highest BCUT2D eigenvalue weighted by Gasteiger charge is 2.28. The van der Waals surface area contributed by atoms with Crippen LogP contribution in [0.3, 0.4) is 0 Å². The Balaban J connectivity index is 1.43. The van der Waals surface area contributed by atoms with Crippen LogP contribution < -0.4 is 9.64 Å². The maximum atomic E-state index is 13.6. The molecular weight excluding hydrogens is 463 g/mol. The number of unbranched alkanes of at least 4 members (excludes halogenated alkanes) is 2. The van der Waals surface area contributed by atoms with Crippen LogP contribution in [0.15, 0.2) is 66.7 Å². The van der Waals surface area contributed by atoms with E-state index in [4.69, 9.17) is 4.74 Å². The van der Waals surface area contributed by atoms with E-state index >= 15 is 0 Å². The molecule has 1 aliphatic heterocycles. The van der Waals surface area contributed by atoms with Gasteiger partial charge in [-0.2, -0.15) is 0 Å². The molecule has 0 radical (unpaired) electrons. The Labute approximate surface area is 221 Å². The summed E-state index contributed by atoms with van der Waals surface area (Å²) in [6.07, 6.45) is 6.57. The lowest BCUT2D eigenvalue weighted by Gasteiger charge is -2.39. The van der Waals surface area contributed by atoms with Crippen molar-refractivity contribution < 1.29 is 14.2 Å². The molecule has 1 unspecified atom stereocenters. The minimum absolute atomic E-state index is 0.104. The molecule has 1 heterocycles. The minimum atomic E-state index is -0.225. The van der Waals surface area contributed by atoms with Gasteiger partial charge in [-0.05, 0) is 104 Å². The molecule has 0 aromatic heterocycles. The fourth-order valence-electron chi connectivity index (χ4n) is 5.20. The summed E-state index contributed by atoms with van der Waals surface area (Å²) in [7, 11) is 0. The molecule has 0 amide bonds. The van der Waals surface area contributed by atoms with Gasteiger partial charge in [-0.25, -0.2) is 4.39 Å². The van der Waals surface area contributed by atoms with Crippen LogP contribution in [0.1, 0.15) is 62.3 Å². The summed E-state index contributed by atoms with van der Waals surface area (Å²) >= 11 is 0. The monoisotopic (exact) mass is 504 g/mol. The molecule has 3 aromatic rings. The minimum Gasteiger partial charge on any atom is -0.508 e. The summed E-state index contributed by atoms with van der Waals surface area (Å²) in [6.45, 7) is 9.24. The quantitative estimate of drug-likeness (QED) is 0.268. The van der Waals surface area contributed by atoms with Crippen LogP contribution in [0.2, 0.25) is 0 Å². The summed E-state index contributed by atoms with van der Waals surface area (Å²) in [6, 6.07) is 21.0. The third-order valence-corrected chi connectivity index (χ3v) is 7.33. The lowest BCUT2D eigenvalue weighted by atomic mass is 9.88. The van der Waals surface area contributed by atoms with Crippen molar-refractivity contribution in [1.82, 2.24) is 4.90 Å². The van der Waals surface area contributed by atoms with E-state index in [1.54, 1.807) is 6.07 Å². The lowest BCUT2D eigenvalue weighted by Crippen LogP contribution is -2.36. The Morgan fingerprint density at radius 1 is 0.919 bits per heavy atom. The second kappa shape index (κ2) is 13.5. The standard InChI is InChI=1S/C32H41FN2O2/c1-3-5-18-34(19-6-4-2)21-22-37-30-14-7-25(8-15-30)23-32-31-16-13-29(36)24-26(31)17-20-35(32)28-11-9-27(33)10-12-28/h7-16,24,32,36H,3-6,17-23H2,1-2H3. The van der Waals surface area contributed by atoms with Crippen LogP contribution in [-0.4, -0.2) is 42.8 Å². The Morgan fingerprint density at radius 3 is 2.30 bits per heavy atom. The van der Waals surface area contributed by atoms with Crippen molar-refractivity contribution in [1.29, 1.82) is 0 Å². The van der Waals surface area contributed by atoms with E-state index in [2.05, 4.69) is 47.9 Å². The third-order valence-electron chi connectivity index (χ3n) is 7.33. The van der Waals surface area contributed by atoms with Gasteiger partial charge in [0.25, 0.3) is 0 Å². The summed E-state index contributed by atoms with van der Waals surface area (Å²) in [5.41, 5.74) is 4.63. The number of phenols is 1. The molecule has 198 valence electrons. The first-order chi connectivity index (χ1) is 18.1. The molecule has 37 heavy (non-hydrogen) atoms. The van der Waals surface area contributed by atoms with Crippen molar-refractivity contribution in [2.45, 2.75) is 58.4 Å². The Kier molecular flexibility index (Phi) is 9.84. The smallest absolute Gasteiger partial charge is 0.123 e. The van der Waals surface area contributed by atoms with Gasteiger partial charge in [0.15, 0.2) is 0 Å². The summed E-state index contributed by atoms with van der Waals surface area (Å²) in [4.78, 5) is 4.87. The Morgan fingerprint density at radius 2 is 1.62 bits per heavy atom. The zero-order valence-corrected chi connectivity index (χ0v) is 22.3. The van der Waals surface area contributed by atoms with Crippen molar-refractivity contribution in [2.75, 3.05) is 37.7 Å². The maximum absolute atomic E-state index is 13.6. The predicted octanol–water partition coefficient (Wildman–Crippen LogP) is 7.16. The second-order valence-electron chi connectivity index (χ2n) is 10.1. The largest absolute Gasteiger partial charge is 0.508 e. The molecule has 1 N–H and O–H groups in total. The number of anilines is 1. The molecule has 0 bridgehead atoms. The SMILES string of the molecule is CCCCN(CCCC)CCOc1ccc(CC2c3ccc(O)cc3CCN2c2ccc(F)cc2)cc1. The maximum Gasteiger partial charge on any atom is 0.123 e. The van der Waals surface area contributed by atoms with E-state index in [-0.39, 0.29) is 11.9 Å². The highest BCUT2D eigenvalue weighted by Crippen LogP contribution is 2.37. The van der Waals surface area contributed by atoms with Gasteiger partial charge < -0.3 is 14.7 Å². The zero-order valence-electron chi connectivity index (χ0n) is 22.3. The topological polar surface area (TPSA) is 35.9 Å². The molecule has 5 heteroatoms. The van der Waals surface area contributed by atoms with Gasteiger partial charge in [-0.3, -0.25) is 4.90 Å². The van der Waals surface area contributed by atoms with Gasteiger partial charge in [0.05, 0.1) is 6.04 Å². The Bertz CT molecular complexity index is 1090. The van der Waals surface area contributed by atoms with Crippen LogP contribution in [0.25, 0.3) is 0 Å². The van der Waals surface area contributed by atoms with E-state index < -0.39 is 0 Å². The molecule has 4 rings (SSSR count). The van der Waals surface area contributed by atoms with Gasteiger partial charge in [0, 0.05) is 18.8 Å². The number of rotatable bonds is 13. The van der Waals surface area contributed by atoms with Gasteiger partial charge in [-0.1, -0.05) is 44.9 Å². The number of phenolic OH excluding ortho intramolecular Hbond substituents is 1. The van der Waals surface area contributed by atoms with E-state index in [1.807, 2.05) is 24.3 Å². The van der Waals surface area contributed by atoms with Crippen LogP contribution in [0, 0.1) is 5.82 Å². The fourth-order valence-corrected chi connectivity index (χ4v) is 5.20. The van der Waals surface area contributed by atoms with Crippen LogP contribution >= 0.6 is 0 Å². The zero-order chi connectivity index (χ0) is 26.0. The number of halogens is 1. The highest BCUT2D eigenvalue weighted by atomic mass is 19.1. The lowest BCUT2D eigenvalue weighted by molar-refractivity contribution is 0.204. The summed E-state index contributed by atoms with van der Waals surface area (Å²) < 4.78 is 19.7. The molecule has 1 atom stereocenters. The molecular formula is C32H41FN2O2. The van der Waals surface area contributed by atoms with E-state index in [0.717, 1.165) is 50.5 Å². The first kappa shape index (κ1) is 27.0. The first-order valence-electron chi connectivity index (χ1n) is 13.9. The number of ether oxygens (including phenoxy) is 1. The summed E-state index contributed by atoms with van der Waals surface area (Å²) in [5, 5.41) is 10.0. The third kappa shape index (κ3) is 7.48. The van der Waals surface area contributed by atoms with Crippen LogP contribution in [0.4, 0.5) is 10.1 Å². The molecule has 0 saturated carbocycles. The highest BCUT2D eigenvalue weighted by molar-refractivity contribution is 5.53. The predicted molar refractivity (Wildman–Crippen MR) is 150 cm³/mol. The number of fused-ring (bicyclic) bond motifs is 1. The fraction of sp³-hybridized carbons (Fsp3) is 0.438. The normalized spacial score (nSPS) is 15.1. The Hall–Kier alpha value is -3.05. The number of hydrogen-bond donors (Lipinski definition) is 1. The summed E-state index contributed by atoms with van der Waals surface area (Å²) in [5.74, 6) is 0.980. The number of benzene rings is 3. The second-order valence-corrected chi connectivity index (χ2v) is 10.1. The van der Waals surface area contributed by atoms with E-state index in [0.29, 0.717) is 12.4 Å². The number of aromatic hydroxyl groups is 1. The van der Waals surface area contributed by atoms with Gasteiger partial charge in [-0.15, -0.1) is 0 Å².